The van der Waals surface area contributed by atoms with Crippen LogP contribution in [0.1, 0.15) is 52.9 Å². The Morgan fingerprint density at radius 3 is 1.86 bits per heavy atom. The molecule has 0 saturated heterocycles. The molecule has 0 spiro atoms. The number of unbranched alkanes of at least 4 members (excludes halogenated alkanes) is 3. The van der Waals surface area contributed by atoms with Gasteiger partial charge in [-0.05, 0) is 13.8 Å². The number of ether oxygens (including phenoxy) is 2. The Kier molecular flexibility index (Phi) is 16.6. The van der Waals surface area contributed by atoms with E-state index in [1.165, 1.54) is 25.7 Å². The van der Waals surface area contributed by atoms with Crippen LogP contribution in [0.5, 0.6) is 0 Å². The van der Waals surface area contributed by atoms with Crippen molar-refractivity contribution in [1.29, 1.82) is 0 Å². The van der Waals surface area contributed by atoms with Gasteiger partial charge in [-0.1, -0.05) is 38.9 Å². The zero-order chi connectivity index (χ0) is 9.94. The summed E-state index contributed by atoms with van der Waals surface area (Å²) in [6.07, 6.45) is 6.83. The van der Waals surface area contributed by atoms with Crippen molar-refractivity contribution in [3.8, 4) is 0 Å². The minimum Gasteiger partial charge on any atom is -0.522 e. The summed E-state index contributed by atoms with van der Waals surface area (Å²) in [6, 6.07) is 0. The van der Waals surface area contributed by atoms with Gasteiger partial charge in [-0.15, -0.1) is 6.42 Å². The van der Waals surface area contributed by atoms with Crippen molar-refractivity contribution in [1.82, 2.24) is 0 Å². The zero-order valence-electron chi connectivity index (χ0n) is 9.77. The van der Waals surface area contributed by atoms with Crippen molar-refractivity contribution in [2.24, 2.45) is 0 Å². The molecule has 0 aromatic rings. The van der Waals surface area contributed by atoms with E-state index >= 15 is 0 Å². The molecular weight excluding hydrogens is 212 g/mol. The summed E-state index contributed by atoms with van der Waals surface area (Å²) in [5.41, 5.74) is 0. The van der Waals surface area contributed by atoms with Crippen LogP contribution in [0.25, 0.3) is 0 Å². The van der Waals surface area contributed by atoms with Crippen molar-refractivity contribution in [2.45, 2.75) is 52.9 Å². The molecule has 0 aliphatic carbocycles. The normalized spacial score (nSPS) is 10.3. The van der Waals surface area contributed by atoms with E-state index in [0.29, 0.717) is 13.2 Å². The molecule has 0 aromatic carbocycles. The predicted molar refractivity (Wildman–Crippen MR) is 55.3 cm³/mol. The molecule has 0 bridgehead atoms. The van der Waals surface area contributed by atoms with Gasteiger partial charge in [0.1, 0.15) is 0 Å². The first kappa shape index (κ1) is 17.0. The summed E-state index contributed by atoms with van der Waals surface area (Å²) in [5, 5.41) is 0. The third-order valence-corrected chi connectivity index (χ3v) is 1.85. The predicted octanol–water partition coefficient (Wildman–Crippen LogP) is 3.52. The van der Waals surface area contributed by atoms with Crippen LogP contribution in [-0.4, -0.2) is 13.2 Å². The standard InChI is InChI=1S/C11H23O2.Ti/c1-4-7-8-9-10-11(12-5-2)13-6-3;/h4-10H2,1-3H3;/q-1;. The number of rotatable bonds is 9. The Bertz CT molecular complexity index is 93.3. The van der Waals surface area contributed by atoms with Crippen molar-refractivity contribution < 1.29 is 31.2 Å². The van der Waals surface area contributed by atoms with Crippen LogP contribution in [0.4, 0.5) is 0 Å². The summed E-state index contributed by atoms with van der Waals surface area (Å²) in [6.45, 7) is 7.62. The summed E-state index contributed by atoms with van der Waals surface area (Å²) in [5.74, 6) is 0. The molecule has 0 rings (SSSR count). The van der Waals surface area contributed by atoms with Crippen LogP contribution >= 0.6 is 0 Å². The molecule has 14 heavy (non-hydrogen) atoms. The van der Waals surface area contributed by atoms with Crippen LogP contribution in [0, 0.1) is 6.29 Å². The van der Waals surface area contributed by atoms with Crippen molar-refractivity contribution >= 4 is 0 Å². The Hall–Kier alpha value is 0.634. The van der Waals surface area contributed by atoms with E-state index in [-0.39, 0.29) is 21.7 Å². The quantitative estimate of drug-likeness (QED) is 0.346. The molecule has 84 valence electrons. The van der Waals surface area contributed by atoms with E-state index in [0.717, 1.165) is 12.7 Å². The Balaban J connectivity index is 0. The average molecular weight is 235 g/mol. The summed E-state index contributed by atoms with van der Waals surface area (Å²) < 4.78 is 10.7. The van der Waals surface area contributed by atoms with E-state index in [2.05, 4.69) is 6.92 Å². The van der Waals surface area contributed by atoms with Gasteiger partial charge in [0.2, 0.25) is 0 Å². The van der Waals surface area contributed by atoms with Gasteiger partial charge >= 0.3 is 0 Å². The van der Waals surface area contributed by atoms with E-state index in [1.807, 2.05) is 13.8 Å². The van der Waals surface area contributed by atoms with Crippen LogP contribution in [-0.2, 0) is 31.2 Å². The number of hydrogen-bond acceptors (Lipinski definition) is 2. The van der Waals surface area contributed by atoms with Crippen LogP contribution < -0.4 is 0 Å². The fraction of sp³-hybridized carbons (Fsp3) is 0.909. The van der Waals surface area contributed by atoms with Gasteiger partial charge in [0, 0.05) is 34.9 Å². The van der Waals surface area contributed by atoms with Gasteiger partial charge in [-0.2, -0.15) is 0 Å². The maximum absolute atomic E-state index is 5.36. The molecule has 0 aliphatic rings. The smallest absolute Gasteiger partial charge is 0.0104 e. The van der Waals surface area contributed by atoms with Gasteiger partial charge in [-0.3, -0.25) is 0 Å². The van der Waals surface area contributed by atoms with E-state index in [1.54, 1.807) is 0 Å². The topological polar surface area (TPSA) is 18.5 Å². The largest absolute Gasteiger partial charge is 0.522 e. The number of hydrogen-bond donors (Lipinski definition) is 0. The third-order valence-electron chi connectivity index (χ3n) is 1.85. The van der Waals surface area contributed by atoms with E-state index in [9.17, 15) is 0 Å². The Labute approximate surface area is 104 Å². The van der Waals surface area contributed by atoms with Gasteiger partial charge < -0.3 is 9.47 Å². The maximum atomic E-state index is 5.36. The SMILES string of the molecule is CCCCCC[C-](OCC)OCC.[Ti]. The molecule has 0 radical (unpaired) electrons. The second-order valence-electron chi connectivity index (χ2n) is 3.05. The fourth-order valence-corrected chi connectivity index (χ4v) is 1.20. The molecule has 3 heteroatoms. The minimum atomic E-state index is 0. The van der Waals surface area contributed by atoms with E-state index in [4.69, 9.17) is 9.47 Å². The third kappa shape index (κ3) is 10.7. The van der Waals surface area contributed by atoms with Crippen LogP contribution in [0.2, 0.25) is 0 Å². The first-order valence-electron chi connectivity index (χ1n) is 5.46. The van der Waals surface area contributed by atoms with Gasteiger partial charge in [0.05, 0.1) is 0 Å². The molecule has 0 aromatic heterocycles. The molecule has 0 atom stereocenters. The summed E-state index contributed by atoms with van der Waals surface area (Å²) >= 11 is 0. The molecule has 0 unspecified atom stereocenters. The van der Waals surface area contributed by atoms with E-state index < -0.39 is 0 Å². The molecule has 2 nitrogen and oxygen atoms in total. The molecule has 0 saturated carbocycles. The zero-order valence-corrected chi connectivity index (χ0v) is 11.3. The monoisotopic (exact) mass is 235 g/mol. The summed E-state index contributed by atoms with van der Waals surface area (Å²) in [7, 11) is 0. The Morgan fingerprint density at radius 1 is 0.857 bits per heavy atom. The first-order chi connectivity index (χ1) is 6.35. The molecule has 0 amide bonds. The second kappa shape index (κ2) is 13.6. The van der Waals surface area contributed by atoms with Crippen molar-refractivity contribution in [2.75, 3.05) is 13.2 Å². The summed E-state index contributed by atoms with van der Waals surface area (Å²) in [4.78, 5) is 0. The van der Waals surface area contributed by atoms with Gasteiger partial charge in [-0.25, -0.2) is 0 Å². The molecule has 0 fully saturated rings. The van der Waals surface area contributed by atoms with Crippen molar-refractivity contribution in [3.05, 3.63) is 6.29 Å². The molecule has 0 N–H and O–H groups in total. The van der Waals surface area contributed by atoms with Gasteiger partial charge in [0.25, 0.3) is 0 Å². The molecule has 0 heterocycles. The Morgan fingerprint density at radius 2 is 1.43 bits per heavy atom. The van der Waals surface area contributed by atoms with Crippen LogP contribution in [0.15, 0.2) is 0 Å². The maximum Gasteiger partial charge on any atom is 0.0104 e. The second-order valence-corrected chi connectivity index (χ2v) is 3.05. The first-order valence-corrected chi connectivity index (χ1v) is 5.46. The molecular formula is C11H23O2Ti-. The molecule has 0 aliphatic heterocycles. The van der Waals surface area contributed by atoms with Gasteiger partial charge in [0.15, 0.2) is 0 Å². The van der Waals surface area contributed by atoms with Crippen LogP contribution in [0.3, 0.4) is 0 Å². The van der Waals surface area contributed by atoms with Crippen molar-refractivity contribution in [3.63, 3.8) is 0 Å². The average Bonchev–Trinajstić information content (AvgIpc) is 2.13. The fourth-order valence-electron chi connectivity index (χ4n) is 1.20. The minimum absolute atomic E-state index is 0.